The number of nitrogens with zero attached hydrogens (tertiary/aromatic N) is 1. The van der Waals surface area contributed by atoms with E-state index in [0.29, 0.717) is 0 Å². The lowest BCUT2D eigenvalue weighted by molar-refractivity contribution is -0.139. The molecular weight excluding hydrogens is 356 g/mol. The van der Waals surface area contributed by atoms with Crippen LogP contribution in [0.1, 0.15) is 20.3 Å². The second-order valence-corrected chi connectivity index (χ2v) is 9.68. The van der Waals surface area contributed by atoms with Crippen LogP contribution < -0.4 is 4.72 Å². The first-order valence-corrected chi connectivity index (χ1v) is 10.1. The van der Waals surface area contributed by atoms with Gasteiger partial charge in [0.1, 0.15) is 15.8 Å². The minimum atomic E-state index is -4.33. The minimum Gasteiger partial charge on any atom is -0.480 e. The lowest BCUT2D eigenvalue weighted by Crippen LogP contribution is -2.42. The molecule has 0 fully saturated rings. The number of hydrogen-bond acceptors (Lipinski definition) is 5. The summed E-state index contributed by atoms with van der Waals surface area (Å²) in [6.07, 6.45) is 0.0805. The Labute approximate surface area is 142 Å². The summed E-state index contributed by atoms with van der Waals surface area (Å²) >= 11 is 0. The topological polar surface area (TPSA) is 121 Å². The number of aliphatic carboxylic acids is 1. The fourth-order valence-corrected chi connectivity index (χ4v) is 4.90. The van der Waals surface area contributed by atoms with Gasteiger partial charge in [0.05, 0.1) is 0 Å². The average Bonchev–Trinajstić information content (AvgIpc) is 2.45. The molecule has 0 aromatic heterocycles. The highest BCUT2D eigenvalue weighted by molar-refractivity contribution is 7.92. The van der Waals surface area contributed by atoms with Crippen LogP contribution in [-0.4, -0.2) is 52.4 Å². The maximum atomic E-state index is 12.6. The minimum absolute atomic E-state index is 0.0606. The van der Waals surface area contributed by atoms with Crippen LogP contribution in [0.25, 0.3) is 0 Å². The molecular formula is C14H22N2O6S2. The Morgan fingerprint density at radius 1 is 1.12 bits per heavy atom. The highest BCUT2D eigenvalue weighted by Crippen LogP contribution is 2.23. The Bertz CT molecular complexity index is 800. The van der Waals surface area contributed by atoms with E-state index < -0.39 is 41.8 Å². The van der Waals surface area contributed by atoms with E-state index in [2.05, 4.69) is 4.72 Å². The maximum Gasteiger partial charge on any atom is 0.321 e. The van der Waals surface area contributed by atoms with Gasteiger partial charge in [-0.15, -0.1) is 0 Å². The first kappa shape index (κ1) is 20.6. The maximum absolute atomic E-state index is 12.6. The van der Waals surface area contributed by atoms with Crippen molar-refractivity contribution < 1.29 is 26.7 Å². The number of sulfonamides is 2. The molecule has 0 bridgehead atoms. The predicted octanol–water partition coefficient (Wildman–Crippen LogP) is 0.714. The number of benzene rings is 1. The standard InChI is InChI=1S/C14H22N2O6S2/c1-10(2)9-11(14(17)18)15-23(19,20)12-7-5-6-8-13(12)24(21,22)16(3)4/h5-8,10-11,15H,9H2,1-4H3,(H,17,18)/t11-/m1/s1. The first-order valence-electron chi connectivity index (χ1n) is 7.16. The molecule has 136 valence electrons. The molecule has 0 unspecified atom stereocenters. The molecule has 0 radical (unpaired) electrons. The Hall–Kier alpha value is -1.49. The van der Waals surface area contributed by atoms with Crippen LogP contribution >= 0.6 is 0 Å². The third kappa shape index (κ3) is 4.76. The van der Waals surface area contributed by atoms with Gasteiger partial charge in [-0.2, -0.15) is 4.72 Å². The highest BCUT2D eigenvalue weighted by atomic mass is 32.2. The van der Waals surface area contributed by atoms with Gasteiger partial charge in [-0.1, -0.05) is 26.0 Å². The van der Waals surface area contributed by atoms with Crippen molar-refractivity contribution in [2.24, 2.45) is 5.92 Å². The molecule has 8 nitrogen and oxygen atoms in total. The van der Waals surface area contributed by atoms with Gasteiger partial charge in [-0.25, -0.2) is 21.1 Å². The average molecular weight is 378 g/mol. The monoisotopic (exact) mass is 378 g/mol. The quantitative estimate of drug-likeness (QED) is 0.687. The molecule has 0 aliphatic rings. The van der Waals surface area contributed by atoms with Gasteiger partial charge < -0.3 is 5.11 Å². The highest BCUT2D eigenvalue weighted by Gasteiger charge is 2.31. The summed E-state index contributed by atoms with van der Waals surface area (Å²) < 4.78 is 52.7. The van der Waals surface area contributed by atoms with Crippen LogP contribution in [0, 0.1) is 5.92 Å². The zero-order chi connectivity index (χ0) is 18.7. The van der Waals surface area contributed by atoms with Crippen molar-refractivity contribution in [3.63, 3.8) is 0 Å². The molecule has 0 aliphatic heterocycles. The van der Waals surface area contributed by atoms with Crippen molar-refractivity contribution in [1.29, 1.82) is 0 Å². The van der Waals surface area contributed by atoms with Crippen molar-refractivity contribution in [3.05, 3.63) is 24.3 Å². The van der Waals surface area contributed by atoms with Crippen LogP contribution in [0.2, 0.25) is 0 Å². The molecule has 24 heavy (non-hydrogen) atoms. The summed E-state index contributed by atoms with van der Waals surface area (Å²) in [5, 5.41) is 9.20. The molecule has 0 saturated heterocycles. The number of carbonyl (C=O) groups is 1. The van der Waals surface area contributed by atoms with Crippen LogP contribution in [-0.2, 0) is 24.8 Å². The third-order valence-corrected chi connectivity index (χ3v) is 6.73. The molecule has 0 aliphatic carbocycles. The lowest BCUT2D eigenvalue weighted by Gasteiger charge is -2.19. The lowest BCUT2D eigenvalue weighted by atomic mass is 10.1. The van der Waals surface area contributed by atoms with Gasteiger partial charge >= 0.3 is 5.97 Å². The molecule has 1 aromatic rings. The summed E-state index contributed by atoms with van der Waals surface area (Å²) in [7, 11) is -5.77. The van der Waals surface area contributed by atoms with Crippen LogP contribution in [0.4, 0.5) is 0 Å². The van der Waals surface area contributed by atoms with E-state index in [0.717, 1.165) is 10.4 Å². The Morgan fingerprint density at radius 3 is 2.04 bits per heavy atom. The van der Waals surface area contributed by atoms with E-state index in [1.807, 2.05) is 0 Å². The van der Waals surface area contributed by atoms with Gasteiger partial charge in [-0.3, -0.25) is 4.79 Å². The zero-order valence-electron chi connectivity index (χ0n) is 13.9. The van der Waals surface area contributed by atoms with E-state index in [-0.39, 0.29) is 12.3 Å². The molecule has 0 heterocycles. The van der Waals surface area contributed by atoms with Crippen molar-refractivity contribution >= 4 is 26.0 Å². The third-order valence-electron chi connectivity index (χ3n) is 3.20. The Kier molecular flexibility index (Phi) is 6.51. The fraction of sp³-hybridized carbons (Fsp3) is 0.500. The second-order valence-electron chi connectivity index (χ2n) is 5.88. The summed E-state index contributed by atoms with van der Waals surface area (Å²) in [5.41, 5.74) is 0. The van der Waals surface area contributed by atoms with Crippen LogP contribution in [0.5, 0.6) is 0 Å². The molecule has 10 heteroatoms. The van der Waals surface area contributed by atoms with Crippen LogP contribution in [0.3, 0.4) is 0 Å². The van der Waals surface area contributed by atoms with E-state index in [4.69, 9.17) is 0 Å². The number of nitrogens with one attached hydrogen (secondary N) is 1. The van der Waals surface area contributed by atoms with Gasteiger partial charge in [0.15, 0.2) is 0 Å². The normalized spacial score (nSPS) is 14.1. The second kappa shape index (κ2) is 7.60. The summed E-state index contributed by atoms with van der Waals surface area (Å²) in [4.78, 5) is 10.4. The molecule has 1 rings (SSSR count). The summed E-state index contributed by atoms with van der Waals surface area (Å²) in [6.45, 7) is 3.52. The number of rotatable bonds is 8. The van der Waals surface area contributed by atoms with Gasteiger partial charge in [0.25, 0.3) is 0 Å². The largest absolute Gasteiger partial charge is 0.480 e. The van der Waals surface area contributed by atoms with Crippen molar-refractivity contribution in [3.8, 4) is 0 Å². The van der Waals surface area contributed by atoms with Crippen LogP contribution in [0.15, 0.2) is 34.1 Å². The Morgan fingerprint density at radius 2 is 1.62 bits per heavy atom. The van der Waals surface area contributed by atoms with Crippen molar-refractivity contribution in [2.75, 3.05) is 14.1 Å². The first-order chi connectivity index (χ1) is 10.9. The SMILES string of the molecule is CC(C)C[C@@H](NS(=O)(=O)c1ccccc1S(=O)(=O)N(C)C)C(=O)O. The van der Waals surface area contributed by atoms with E-state index in [1.165, 1.54) is 32.3 Å². The van der Waals surface area contributed by atoms with E-state index in [9.17, 15) is 26.7 Å². The summed E-state index contributed by atoms with van der Waals surface area (Å²) in [5.74, 6) is -1.38. The Balaban J connectivity index is 3.37. The van der Waals surface area contributed by atoms with Crippen molar-refractivity contribution in [1.82, 2.24) is 9.03 Å². The van der Waals surface area contributed by atoms with Gasteiger partial charge in [0, 0.05) is 14.1 Å². The molecule has 0 amide bonds. The molecule has 1 atom stereocenters. The predicted molar refractivity (Wildman–Crippen MR) is 88.5 cm³/mol. The smallest absolute Gasteiger partial charge is 0.321 e. The van der Waals surface area contributed by atoms with Gasteiger partial charge in [-0.05, 0) is 24.5 Å². The molecule has 0 saturated carbocycles. The van der Waals surface area contributed by atoms with Gasteiger partial charge in [0.2, 0.25) is 20.0 Å². The molecule has 2 N–H and O–H groups in total. The number of carboxylic acid groups (broad SMARTS) is 1. The van der Waals surface area contributed by atoms with E-state index in [1.54, 1.807) is 13.8 Å². The van der Waals surface area contributed by atoms with Crippen molar-refractivity contribution in [2.45, 2.75) is 36.1 Å². The zero-order valence-corrected chi connectivity index (χ0v) is 15.6. The fourth-order valence-electron chi connectivity index (χ4n) is 2.00. The molecule has 0 spiro atoms. The molecule has 1 aromatic carbocycles. The number of carboxylic acids is 1. The summed E-state index contributed by atoms with van der Waals surface area (Å²) in [6, 6.07) is 3.74. The number of hydrogen-bond donors (Lipinski definition) is 2. The van der Waals surface area contributed by atoms with E-state index >= 15 is 0 Å².